The summed E-state index contributed by atoms with van der Waals surface area (Å²) in [5.74, 6) is 1.67. The average molecular weight is 524 g/mol. The number of pyridine rings is 1. The van der Waals surface area contributed by atoms with Gasteiger partial charge < -0.3 is 24.8 Å². The van der Waals surface area contributed by atoms with E-state index in [1.807, 2.05) is 12.1 Å². The highest BCUT2D eigenvalue weighted by atomic mass is 35.5. The van der Waals surface area contributed by atoms with E-state index in [0.29, 0.717) is 40.8 Å². The molecular weight excluding hydrogens is 497 g/mol. The number of hydrogen-bond acceptors (Lipinski definition) is 5. The molecule has 0 saturated heterocycles. The van der Waals surface area contributed by atoms with Crippen molar-refractivity contribution in [2.75, 3.05) is 24.4 Å². The summed E-state index contributed by atoms with van der Waals surface area (Å²) in [5.41, 5.74) is 1.93. The van der Waals surface area contributed by atoms with Crippen molar-refractivity contribution in [3.63, 3.8) is 0 Å². The molecule has 2 amide bonds. The molecule has 37 heavy (non-hydrogen) atoms. The molecule has 1 aromatic heterocycles. The monoisotopic (exact) mass is 523 g/mol. The minimum absolute atomic E-state index is 0.0764. The number of hydrogen-bond donors (Lipinski definition) is 2. The van der Waals surface area contributed by atoms with Crippen LogP contribution in [0, 0.1) is 12.7 Å². The number of rotatable bonds is 9. The molecule has 1 heterocycles. The third-order valence-electron chi connectivity index (χ3n) is 5.53. The summed E-state index contributed by atoms with van der Waals surface area (Å²) >= 11 is 6.40. The van der Waals surface area contributed by atoms with Gasteiger partial charge in [0.05, 0.1) is 35.6 Å². The SMILES string of the molecule is CCCCOc1cc2nccc(Oc3ccc(NC(=O)Nc4cc(C)ccc4F)c(Cl)c3)c2cc1OC. The molecule has 3 aromatic carbocycles. The molecule has 0 saturated carbocycles. The number of halogens is 2. The molecule has 0 radical (unpaired) electrons. The highest BCUT2D eigenvalue weighted by Crippen LogP contribution is 2.38. The van der Waals surface area contributed by atoms with Crippen molar-refractivity contribution in [1.82, 2.24) is 4.98 Å². The van der Waals surface area contributed by atoms with Gasteiger partial charge in [-0.2, -0.15) is 0 Å². The predicted molar refractivity (Wildman–Crippen MR) is 144 cm³/mol. The van der Waals surface area contributed by atoms with Gasteiger partial charge in [-0.05, 0) is 55.3 Å². The van der Waals surface area contributed by atoms with Crippen molar-refractivity contribution in [2.45, 2.75) is 26.7 Å². The zero-order chi connectivity index (χ0) is 26.4. The van der Waals surface area contributed by atoms with Gasteiger partial charge in [-0.1, -0.05) is 31.0 Å². The average Bonchev–Trinajstić information content (AvgIpc) is 2.88. The van der Waals surface area contributed by atoms with E-state index < -0.39 is 11.8 Å². The van der Waals surface area contributed by atoms with Crippen LogP contribution in [0.5, 0.6) is 23.0 Å². The van der Waals surface area contributed by atoms with Gasteiger partial charge in [0, 0.05) is 23.7 Å². The van der Waals surface area contributed by atoms with E-state index in [0.717, 1.165) is 23.8 Å². The van der Waals surface area contributed by atoms with Crippen molar-refractivity contribution < 1.29 is 23.4 Å². The lowest BCUT2D eigenvalue weighted by molar-refractivity contribution is 0.262. The third-order valence-corrected chi connectivity index (χ3v) is 5.84. The Morgan fingerprint density at radius 3 is 2.57 bits per heavy atom. The van der Waals surface area contributed by atoms with Gasteiger partial charge in [-0.25, -0.2) is 9.18 Å². The Morgan fingerprint density at radius 2 is 1.81 bits per heavy atom. The maximum Gasteiger partial charge on any atom is 0.323 e. The molecule has 0 aliphatic carbocycles. The van der Waals surface area contributed by atoms with Crippen LogP contribution in [0.25, 0.3) is 10.9 Å². The second-order valence-electron chi connectivity index (χ2n) is 8.34. The normalized spacial score (nSPS) is 10.7. The standard InChI is InChI=1S/C28H27ClFN3O4/c1-4-5-12-36-27-16-23-19(15-26(27)35-3)25(10-11-31-23)37-18-7-9-22(20(29)14-18)32-28(34)33-24-13-17(2)6-8-21(24)30/h6-11,13-16H,4-5,12H2,1-3H3,(H2,32,33,34). The smallest absolute Gasteiger partial charge is 0.323 e. The number of unbranched alkanes of at least 4 members (excludes halogenated alkanes) is 1. The third kappa shape index (κ3) is 6.40. The van der Waals surface area contributed by atoms with Gasteiger partial charge in [0.1, 0.15) is 17.3 Å². The van der Waals surface area contributed by atoms with Crippen LogP contribution < -0.4 is 24.8 Å². The number of carbonyl (C=O) groups excluding carboxylic acids is 1. The highest BCUT2D eigenvalue weighted by molar-refractivity contribution is 6.34. The van der Waals surface area contributed by atoms with Crippen LogP contribution in [0.1, 0.15) is 25.3 Å². The largest absolute Gasteiger partial charge is 0.493 e. The maximum atomic E-state index is 14.0. The Kier molecular flexibility index (Phi) is 8.30. The lowest BCUT2D eigenvalue weighted by Crippen LogP contribution is -2.20. The minimum Gasteiger partial charge on any atom is -0.493 e. The zero-order valence-corrected chi connectivity index (χ0v) is 21.5. The number of nitrogens with zero attached hydrogens (tertiary/aromatic N) is 1. The Morgan fingerprint density at radius 1 is 1.00 bits per heavy atom. The second kappa shape index (κ2) is 11.8. The summed E-state index contributed by atoms with van der Waals surface area (Å²) in [7, 11) is 1.58. The van der Waals surface area contributed by atoms with Crippen molar-refractivity contribution >= 4 is 39.9 Å². The van der Waals surface area contributed by atoms with Gasteiger partial charge >= 0.3 is 6.03 Å². The number of anilines is 2. The first-order valence-corrected chi connectivity index (χ1v) is 12.2. The van der Waals surface area contributed by atoms with Crippen LogP contribution in [-0.2, 0) is 0 Å². The Labute approximate surface area is 219 Å². The molecule has 0 unspecified atom stereocenters. The molecule has 0 bridgehead atoms. The van der Waals surface area contributed by atoms with Crippen molar-refractivity contribution in [2.24, 2.45) is 0 Å². The molecule has 192 valence electrons. The first-order valence-electron chi connectivity index (χ1n) is 11.8. The molecule has 0 atom stereocenters. The summed E-state index contributed by atoms with van der Waals surface area (Å²) < 4.78 is 31.4. The molecule has 0 spiro atoms. The number of carbonyl (C=O) groups is 1. The molecule has 0 aliphatic rings. The van der Waals surface area contributed by atoms with Gasteiger partial charge in [-0.15, -0.1) is 0 Å². The molecule has 7 nitrogen and oxygen atoms in total. The van der Waals surface area contributed by atoms with E-state index in [9.17, 15) is 9.18 Å². The number of ether oxygens (including phenoxy) is 3. The summed E-state index contributed by atoms with van der Waals surface area (Å²) in [4.78, 5) is 16.8. The number of urea groups is 1. The van der Waals surface area contributed by atoms with Gasteiger partial charge in [-0.3, -0.25) is 4.98 Å². The lowest BCUT2D eigenvalue weighted by atomic mass is 10.1. The number of fused-ring (bicyclic) bond motifs is 1. The topological polar surface area (TPSA) is 81.7 Å². The number of methoxy groups -OCH3 is 1. The lowest BCUT2D eigenvalue weighted by Gasteiger charge is -2.14. The summed E-state index contributed by atoms with van der Waals surface area (Å²) in [6.07, 6.45) is 3.61. The minimum atomic E-state index is -0.621. The van der Waals surface area contributed by atoms with Crippen LogP contribution in [0.2, 0.25) is 5.02 Å². The van der Waals surface area contributed by atoms with Crippen molar-refractivity contribution in [1.29, 1.82) is 0 Å². The van der Waals surface area contributed by atoms with Crippen molar-refractivity contribution in [3.05, 3.63) is 77.2 Å². The van der Waals surface area contributed by atoms with Crippen LogP contribution in [-0.4, -0.2) is 24.7 Å². The molecule has 4 rings (SSSR count). The Bertz CT molecular complexity index is 1430. The van der Waals surface area contributed by atoms with Gasteiger partial charge in [0.15, 0.2) is 11.5 Å². The summed E-state index contributed by atoms with van der Waals surface area (Å²) in [6, 6.07) is 14.1. The molecular formula is C28H27ClFN3O4. The van der Waals surface area contributed by atoms with Crippen LogP contribution in [0.4, 0.5) is 20.6 Å². The molecule has 0 aliphatic heterocycles. The molecule has 0 fully saturated rings. The second-order valence-corrected chi connectivity index (χ2v) is 8.74. The van der Waals surface area contributed by atoms with E-state index in [1.54, 1.807) is 56.6 Å². The van der Waals surface area contributed by atoms with Gasteiger partial charge in [0.2, 0.25) is 0 Å². The van der Waals surface area contributed by atoms with Crippen molar-refractivity contribution in [3.8, 4) is 23.0 Å². The molecule has 4 aromatic rings. The highest BCUT2D eigenvalue weighted by Gasteiger charge is 2.14. The van der Waals surface area contributed by atoms with Gasteiger partial charge in [0.25, 0.3) is 0 Å². The quantitative estimate of drug-likeness (QED) is 0.217. The van der Waals surface area contributed by atoms with E-state index in [1.165, 1.54) is 6.07 Å². The van der Waals surface area contributed by atoms with Crippen LogP contribution in [0.15, 0.2) is 60.8 Å². The number of nitrogens with one attached hydrogen (secondary N) is 2. The summed E-state index contributed by atoms with van der Waals surface area (Å²) in [5, 5.41) is 6.10. The van der Waals surface area contributed by atoms with E-state index in [2.05, 4.69) is 22.5 Å². The first-order chi connectivity index (χ1) is 17.9. The Balaban J connectivity index is 1.51. The first kappa shape index (κ1) is 26.0. The predicted octanol–water partition coefficient (Wildman–Crippen LogP) is 7.96. The van der Waals surface area contributed by atoms with E-state index in [4.69, 9.17) is 25.8 Å². The zero-order valence-electron chi connectivity index (χ0n) is 20.7. The van der Waals surface area contributed by atoms with Crippen LogP contribution >= 0.6 is 11.6 Å². The number of amides is 2. The fourth-order valence-corrected chi connectivity index (χ4v) is 3.83. The molecule has 9 heteroatoms. The maximum absolute atomic E-state index is 14.0. The number of benzene rings is 3. The van der Waals surface area contributed by atoms with E-state index >= 15 is 0 Å². The number of aryl methyl sites for hydroxylation is 1. The summed E-state index contributed by atoms with van der Waals surface area (Å²) in [6.45, 7) is 4.49. The van der Waals surface area contributed by atoms with E-state index in [-0.39, 0.29) is 10.7 Å². The fourth-order valence-electron chi connectivity index (χ4n) is 3.61. The Hall–Kier alpha value is -4.04. The fraction of sp³-hybridized carbons (Fsp3) is 0.214. The van der Waals surface area contributed by atoms with Crippen LogP contribution in [0.3, 0.4) is 0 Å². The molecule has 2 N–H and O–H groups in total. The number of aromatic nitrogens is 1.